The van der Waals surface area contributed by atoms with Crippen molar-refractivity contribution in [1.29, 1.82) is 0 Å². The Morgan fingerprint density at radius 3 is 2.41 bits per heavy atom. The van der Waals surface area contributed by atoms with Crippen molar-refractivity contribution < 1.29 is 9.90 Å². The van der Waals surface area contributed by atoms with E-state index in [0.29, 0.717) is 6.42 Å². The molecule has 1 N–H and O–H groups in total. The molecular weight excluding hydrogens is 212 g/mol. The van der Waals surface area contributed by atoms with Gasteiger partial charge in [-0.05, 0) is 25.3 Å². The molecule has 0 heterocycles. The second kappa shape index (κ2) is 7.10. The number of rotatable bonds is 7. The van der Waals surface area contributed by atoms with Crippen molar-refractivity contribution in [1.82, 2.24) is 0 Å². The molecule has 0 aliphatic rings. The minimum absolute atomic E-state index is 0.232. The molecule has 1 rings (SSSR count). The predicted octanol–water partition coefficient (Wildman–Crippen LogP) is 3.82. The maximum absolute atomic E-state index is 11.2. The molecule has 0 bridgehead atoms. The third-order valence-corrected chi connectivity index (χ3v) is 3.11. The van der Waals surface area contributed by atoms with Crippen LogP contribution in [-0.4, -0.2) is 11.1 Å². The predicted molar refractivity (Wildman–Crippen MR) is 70.2 cm³/mol. The van der Waals surface area contributed by atoms with Gasteiger partial charge in [0.2, 0.25) is 0 Å². The van der Waals surface area contributed by atoms with Crippen LogP contribution in [0.1, 0.15) is 43.7 Å². The van der Waals surface area contributed by atoms with Gasteiger partial charge in [0, 0.05) is 0 Å². The van der Waals surface area contributed by atoms with E-state index in [2.05, 4.69) is 6.92 Å². The van der Waals surface area contributed by atoms with E-state index < -0.39 is 5.97 Å². The van der Waals surface area contributed by atoms with Gasteiger partial charge in [-0.3, -0.25) is 4.79 Å². The summed E-state index contributed by atoms with van der Waals surface area (Å²) in [4.78, 5) is 11.2. The Kier molecular flexibility index (Phi) is 5.75. The second-order valence-corrected chi connectivity index (χ2v) is 4.72. The summed E-state index contributed by atoms with van der Waals surface area (Å²) < 4.78 is 0. The van der Waals surface area contributed by atoms with Crippen molar-refractivity contribution in [3.8, 4) is 0 Å². The summed E-state index contributed by atoms with van der Waals surface area (Å²) in [5, 5.41) is 9.19. The van der Waals surface area contributed by atoms with Gasteiger partial charge >= 0.3 is 5.97 Å². The summed E-state index contributed by atoms with van der Waals surface area (Å²) in [5.41, 5.74) is 2.34. The summed E-state index contributed by atoms with van der Waals surface area (Å²) in [6.07, 6.45) is 4.71. The van der Waals surface area contributed by atoms with Gasteiger partial charge in [-0.15, -0.1) is 0 Å². The van der Waals surface area contributed by atoms with Gasteiger partial charge < -0.3 is 5.11 Å². The Morgan fingerprint density at radius 1 is 1.24 bits per heavy atom. The number of aliphatic carboxylic acids is 1. The fourth-order valence-corrected chi connectivity index (χ4v) is 1.96. The number of carboxylic acids is 1. The van der Waals surface area contributed by atoms with Crippen LogP contribution in [0.4, 0.5) is 0 Å². The molecule has 1 unspecified atom stereocenters. The van der Waals surface area contributed by atoms with E-state index >= 15 is 0 Å². The lowest BCUT2D eigenvalue weighted by molar-refractivity contribution is -0.142. The second-order valence-electron chi connectivity index (χ2n) is 4.72. The summed E-state index contributed by atoms with van der Waals surface area (Å²) in [5.74, 6) is -0.897. The molecule has 0 radical (unpaired) electrons. The van der Waals surface area contributed by atoms with Gasteiger partial charge in [-0.25, -0.2) is 0 Å². The zero-order valence-electron chi connectivity index (χ0n) is 10.8. The first kappa shape index (κ1) is 13.8. The van der Waals surface area contributed by atoms with E-state index in [4.69, 9.17) is 0 Å². The Bertz CT molecular complexity index is 340. The standard InChI is InChI=1S/C15H22O2/c1-3-4-5-6-14(15(16)17)11-13-9-7-12(2)8-10-13/h7-10,14H,3-6,11H2,1-2H3,(H,16,17). The average molecular weight is 234 g/mol. The van der Waals surface area contributed by atoms with Gasteiger partial charge in [-0.1, -0.05) is 56.0 Å². The minimum Gasteiger partial charge on any atom is -0.481 e. The van der Waals surface area contributed by atoms with Crippen molar-refractivity contribution in [2.24, 2.45) is 5.92 Å². The number of aryl methyl sites for hydroxylation is 1. The molecule has 2 nitrogen and oxygen atoms in total. The van der Waals surface area contributed by atoms with Crippen LogP contribution in [-0.2, 0) is 11.2 Å². The van der Waals surface area contributed by atoms with Crippen LogP contribution in [0.3, 0.4) is 0 Å². The van der Waals surface area contributed by atoms with Crippen molar-refractivity contribution in [3.63, 3.8) is 0 Å². The highest BCUT2D eigenvalue weighted by Gasteiger charge is 2.17. The van der Waals surface area contributed by atoms with Gasteiger partial charge in [0.25, 0.3) is 0 Å². The Hall–Kier alpha value is -1.31. The quantitative estimate of drug-likeness (QED) is 0.728. The molecule has 1 atom stereocenters. The summed E-state index contributed by atoms with van der Waals surface area (Å²) in [7, 11) is 0. The number of unbranched alkanes of at least 4 members (excludes halogenated alkanes) is 2. The van der Waals surface area contributed by atoms with Crippen molar-refractivity contribution >= 4 is 5.97 Å². The van der Waals surface area contributed by atoms with Gasteiger partial charge in [0.05, 0.1) is 5.92 Å². The highest BCUT2D eigenvalue weighted by molar-refractivity contribution is 5.70. The number of carboxylic acid groups (broad SMARTS) is 1. The van der Waals surface area contributed by atoms with Crippen molar-refractivity contribution in [3.05, 3.63) is 35.4 Å². The normalized spacial score (nSPS) is 12.4. The first-order valence-electron chi connectivity index (χ1n) is 6.41. The molecule has 0 aliphatic carbocycles. The van der Waals surface area contributed by atoms with Crippen molar-refractivity contribution in [2.45, 2.75) is 46.0 Å². The SMILES string of the molecule is CCCCCC(Cc1ccc(C)cc1)C(=O)O. The first-order chi connectivity index (χ1) is 8.13. The zero-order valence-corrected chi connectivity index (χ0v) is 10.8. The highest BCUT2D eigenvalue weighted by Crippen LogP contribution is 2.17. The molecule has 1 aromatic carbocycles. The maximum Gasteiger partial charge on any atom is 0.306 e. The molecule has 1 aromatic rings. The lowest BCUT2D eigenvalue weighted by atomic mass is 9.93. The minimum atomic E-state index is -0.665. The van der Waals surface area contributed by atoms with E-state index in [-0.39, 0.29) is 5.92 Å². The Morgan fingerprint density at radius 2 is 1.88 bits per heavy atom. The van der Waals surface area contributed by atoms with Crippen LogP contribution in [0.25, 0.3) is 0 Å². The lowest BCUT2D eigenvalue weighted by Gasteiger charge is -2.12. The van der Waals surface area contributed by atoms with Gasteiger partial charge in [0.15, 0.2) is 0 Å². The molecular formula is C15H22O2. The molecule has 0 saturated carbocycles. The number of hydrogen-bond acceptors (Lipinski definition) is 1. The van der Waals surface area contributed by atoms with E-state index in [1.807, 2.05) is 31.2 Å². The van der Waals surface area contributed by atoms with E-state index in [0.717, 1.165) is 31.2 Å². The third kappa shape index (κ3) is 5.03. The van der Waals surface area contributed by atoms with Crippen LogP contribution >= 0.6 is 0 Å². The fourth-order valence-electron chi connectivity index (χ4n) is 1.96. The van der Waals surface area contributed by atoms with Crippen LogP contribution in [0.5, 0.6) is 0 Å². The molecule has 0 spiro atoms. The van der Waals surface area contributed by atoms with Gasteiger partial charge in [-0.2, -0.15) is 0 Å². The molecule has 0 amide bonds. The Labute approximate surface area is 104 Å². The fraction of sp³-hybridized carbons (Fsp3) is 0.533. The average Bonchev–Trinajstić information content (AvgIpc) is 2.30. The monoisotopic (exact) mass is 234 g/mol. The number of carbonyl (C=O) groups is 1. The zero-order chi connectivity index (χ0) is 12.7. The maximum atomic E-state index is 11.2. The molecule has 2 heteroatoms. The van der Waals surface area contributed by atoms with E-state index in [1.165, 1.54) is 5.56 Å². The first-order valence-corrected chi connectivity index (χ1v) is 6.41. The lowest BCUT2D eigenvalue weighted by Crippen LogP contribution is -2.16. The third-order valence-electron chi connectivity index (χ3n) is 3.11. The molecule has 17 heavy (non-hydrogen) atoms. The highest BCUT2D eigenvalue weighted by atomic mass is 16.4. The number of benzene rings is 1. The molecule has 94 valence electrons. The molecule has 0 saturated heterocycles. The Balaban J connectivity index is 2.54. The van der Waals surface area contributed by atoms with Gasteiger partial charge in [0.1, 0.15) is 0 Å². The van der Waals surface area contributed by atoms with Crippen LogP contribution in [0.2, 0.25) is 0 Å². The number of hydrogen-bond donors (Lipinski definition) is 1. The summed E-state index contributed by atoms with van der Waals surface area (Å²) in [6, 6.07) is 8.15. The molecule has 0 aliphatic heterocycles. The van der Waals surface area contributed by atoms with E-state index in [1.54, 1.807) is 0 Å². The summed E-state index contributed by atoms with van der Waals surface area (Å²) >= 11 is 0. The topological polar surface area (TPSA) is 37.3 Å². The molecule has 0 aromatic heterocycles. The van der Waals surface area contributed by atoms with Crippen molar-refractivity contribution in [2.75, 3.05) is 0 Å². The molecule has 0 fully saturated rings. The smallest absolute Gasteiger partial charge is 0.306 e. The van der Waals surface area contributed by atoms with Crippen LogP contribution in [0.15, 0.2) is 24.3 Å². The van der Waals surface area contributed by atoms with Crippen LogP contribution in [0, 0.1) is 12.8 Å². The summed E-state index contributed by atoms with van der Waals surface area (Å²) in [6.45, 7) is 4.18. The van der Waals surface area contributed by atoms with E-state index in [9.17, 15) is 9.90 Å². The van der Waals surface area contributed by atoms with Crippen LogP contribution < -0.4 is 0 Å². The largest absolute Gasteiger partial charge is 0.481 e.